The van der Waals surface area contributed by atoms with Crippen LogP contribution in [0.1, 0.15) is 5.76 Å². The summed E-state index contributed by atoms with van der Waals surface area (Å²) in [6.07, 6.45) is 3.09. The number of oxazole rings is 1. The Balaban J connectivity index is 2.76. The second kappa shape index (κ2) is 2.12. The number of hydrogen-bond donors (Lipinski definition) is 0. The number of nitrogens with zero attached hydrogens (tertiary/aromatic N) is 1. The highest BCUT2D eigenvalue weighted by Crippen LogP contribution is 2.00. The minimum Gasteiger partial charge on any atom is -0.448 e. The van der Waals surface area contributed by atoms with Crippen LogP contribution in [0.2, 0.25) is 0 Å². The van der Waals surface area contributed by atoms with Crippen LogP contribution < -0.4 is 0 Å². The first-order valence-electron chi connectivity index (χ1n) is 1.87. The summed E-state index contributed by atoms with van der Waals surface area (Å²) in [5, 5.41) is 0.743. The number of rotatable bonds is 1. The Morgan fingerprint density at radius 3 is 3.00 bits per heavy atom. The lowest BCUT2D eigenvalue weighted by atomic mass is 10.6. The zero-order valence-electron chi connectivity index (χ0n) is 3.60. The van der Waals surface area contributed by atoms with E-state index < -0.39 is 0 Å². The molecule has 0 amide bonds. The number of hydrogen-bond acceptors (Lipinski definition) is 2. The third-order valence-corrected chi connectivity index (χ3v) is 1.17. The maximum absolute atomic E-state index is 4.82. The molecule has 0 bridgehead atoms. The van der Waals surface area contributed by atoms with Crippen LogP contribution in [0.25, 0.3) is 0 Å². The fourth-order valence-electron chi connectivity index (χ4n) is 0.308. The Kier molecular flexibility index (Phi) is 1.46. The van der Waals surface area contributed by atoms with Crippen molar-refractivity contribution in [2.75, 3.05) is 0 Å². The third kappa shape index (κ3) is 1.03. The average molecular weight is 162 g/mol. The van der Waals surface area contributed by atoms with E-state index in [0.717, 1.165) is 11.1 Å². The molecular weight excluding hydrogens is 158 g/mol. The molecule has 1 heterocycles. The lowest BCUT2D eigenvalue weighted by Crippen LogP contribution is -1.62. The van der Waals surface area contributed by atoms with E-state index in [2.05, 4.69) is 20.9 Å². The molecule has 1 aromatic heterocycles. The highest BCUT2D eigenvalue weighted by Gasteiger charge is 1.87. The van der Waals surface area contributed by atoms with Gasteiger partial charge in [0.25, 0.3) is 0 Å². The molecule has 0 radical (unpaired) electrons. The molecule has 2 nitrogen and oxygen atoms in total. The minimum absolute atomic E-state index is 0.743. The lowest BCUT2D eigenvalue weighted by Gasteiger charge is -1.75. The van der Waals surface area contributed by atoms with Crippen molar-refractivity contribution in [1.29, 1.82) is 0 Å². The van der Waals surface area contributed by atoms with Crippen LogP contribution in [0, 0.1) is 0 Å². The Morgan fingerprint density at radius 2 is 2.71 bits per heavy atom. The molecule has 0 unspecified atom stereocenters. The molecule has 0 aromatic carbocycles. The lowest BCUT2D eigenvalue weighted by molar-refractivity contribution is 0.524. The van der Waals surface area contributed by atoms with Crippen molar-refractivity contribution in [3.8, 4) is 0 Å². The zero-order chi connectivity index (χ0) is 5.11. The van der Waals surface area contributed by atoms with Gasteiger partial charge in [0.05, 0.1) is 11.5 Å². The van der Waals surface area contributed by atoms with E-state index in [4.69, 9.17) is 4.42 Å². The van der Waals surface area contributed by atoms with Crippen LogP contribution in [0.5, 0.6) is 0 Å². The molecule has 0 aliphatic carbocycles. The second-order valence-corrected chi connectivity index (χ2v) is 1.66. The molecule has 0 atom stereocenters. The van der Waals surface area contributed by atoms with E-state index in [1.54, 1.807) is 6.20 Å². The van der Waals surface area contributed by atoms with Crippen molar-refractivity contribution in [3.63, 3.8) is 0 Å². The SMILES string of the molecule is BrCc1cnco1. The van der Waals surface area contributed by atoms with E-state index in [0.29, 0.717) is 0 Å². The first-order valence-corrected chi connectivity index (χ1v) is 2.99. The summed E-state index contributed by atoms with van der Waals surface area (Å²) in [6, 6.07) is 0. The minimum atomic E-state index is 0.743. The van der Waals surface area contributed by atoms with Gasteiger partial charge in [-0.3, -0.25) is 0 Å². The molecule has 0 fully saturated rings. The van der Waals surface area contributed by atoms with E-state index in [1.165, 1.54) is 6.39 Å². The number of aromatic nitrogens is 1. The number of alkyl halides is 1. The summed E-state index contributed by atoms with van der Waals surface area (Å²) in [7, 11) is 0. The summed E-state index contributed by atoms with van der Waals surface area (Å²) in [4.78, 5) is 3.70. The van der Waals surface area contributed by atoms with E-state index >= 15 is 0 Å². The van der Waals surface area contributed by atoms with Crippen molar-refractivity contribution >= 4 is 15.9 Å². The molecule has 7 heavy (non-hydrogen) atoms. The van der Waals surface area contributed by atoms with Gasteiger partial charge in [0.1, 0.15) is 5.76 Å². The smallest absolute Gasteiger partial charge is 0.180 e. The van der Waals surface area contributed by atoms with Crippen molar-refractivity contribution in [2.45, 2.75) is 5.33 Å². The van der Waals surface area contributed by atoms with Crippen molar-refractivity contribution in [2.24, 2.45) is 0 Å². The summed E-state index contributed by atoms with van der Waals surface area (Å²) in [5.41, 5.74) is 0. The van der Waals surface area contributed by atoms with Crippen LogP contribution in [0.4, 0.5) is 0 Å². The Hall–Kier alpha value is -0.310. The van der Waals surface area contributed by atoms with E-state index in [9.17, 15) is 0 Å². The van der Waals surface area contributed by atoms with Gasteiger partial charge in [0.15, 0.2) is 6.39 Å². The van der Waals surface area contributed by atoms with Gasteiger partial charge in [-0.1, -0.05) is 15.9 Å². The summed E-state index contributed by atoms with van der Waals surface area (Å²) in [6.45, 7) is 0. The molecule has 1 rings (SSSR count). The molecule has 0 aliphatic heterocycles. The Labute approximate surface area is 49.7 Å². The summed E-state index contributed by atoms with van der Waals surface area (Å²) < 4.78 is 4.82. The predicted octanol–water partition coefficient (Wildman–Crippen LogP) is 1.57. The Bertz CT molecular complexity index is 126. The molecule has 0 N–H and O–H groups in total. The summed E-state index contributed by atoms with van der Waals surface area (Å²) >= 11 is 3.20. The molecule has 0 spiro atoms. The van der Waals surface area contributed by atoms with Crippen LogP contribution in [-0.2, 0) is 5.33 Å². The molecular formula is C4H4BrNO. The van der Waals surface area contributed by atoms with Gasteiger partial charge in [0.2, 0.25) is 0 Å². The third-order valence-electron chi connectivity index (χ3n) is 0.615. The maximum Gasteiger partial charge on any atom is 0.180 e. The largest absolute Gasteiger partial charge is 0.448 e. The fourth-order valence-corrected chi connectivity index (χ4v) is 0.585. The van der Waals surface area contributed by atoms with Gasteiger partial charge in [-0.25, -0.2) is 4.98 Å². The number of halogens is 1. The molecule has 38 valence electrons. The van der Waals surface area contributed by atoms with Gasteiger partial charge < -0.3 is 4.42 Å². The van der Waals surface area contributed by atoms with E-state index in [1.807, 2.05) is 0 Å². The molecule has 0 aliphatic rings. The van der Waals surface area contributed by atoms with Crippen LogP contribution in [0.3, 0.4) is 0 Å². The van der Waals surface area contributed by atoms with Gasteiger partial charge >= 0.3 is 0 Å². The zero-order valence-corrected chi connectivity index (χ0v) is 5.18. The van der Waals surface area contributed by atoms with Gasteiger partial charge in [0, 0.05) is 0 Å². The highest BCUT2D eigenvalue weighted by atomic mass is 79.9. The summed E-state index contributed by atoms with van der Waals surface area (Å²) in [5.74, 6) is 0.861. The monoisotopic (exact) mass is 161 g/mol. The standard InChI is InChI=1S/C4H4BrNO/c5-1-4-2-6-3-7-4/h2-3H,1H2. The van der Waals surface area contributed by atoms with Crippen molar-refractivity contribution < 1.29 is 4.42 Å². The quantitative estimate of drug-likeness (QED) is 0.585. The topological polar surface area (TPSA) is 26.0 Å². The molecule has 0 saturated carbocycles. The van der Waals surface area contributed by atoms with Gasteiger partial charge in [-0.2, -0.15) is 0 Å². The first-order chi connectivity index (χ1) is 3.43. The molecule has 3 heteroatoms. The predicted molar refractivity (Wildman–Crippen MR) is 29.1 cm³/mol. The van der Waals surface area contributed by atoms with Crippen molar-refractivity contribution in [3.05, 3.63) is 18.4 Å². The maximum atomic E-state index is 4.82. The average Bonchev–Trinajstić information content (AvgIpc) is 2.14. The Morgan fingerprint density at radius 1 is 1.86 bits per heavy atom. The first kappa shape index (κ1) is 4.84. The molecule has 0 saturated heterocycles. The van der Waals surface area contributed by atoms with Gasteiger partial charge in [-0.15, -0.1) is 0 Å². The fraction of sp³-hybridized carbons (Fsp3) is 0.250. The normalized spacial score (nSPS) is 9.29. The van der Waals surface area contributed by atoms with Crippen molar-refractivity contribution in [1.82, 2.24) is 4.98 Å². The second-order valence-electron chi connectivity index (χ2n) is 1.10. The van der Waals surface area contributed by atoms with Crippen LogP contribution in [0.15, 0.2) is 17.0 Å². The van der Waals surface area contributed by atoms with E-state index in [-0.39, 0.29) is 0 Å². The van der Waals surface area contributed by atoms with Gasteiger partial charge in [-0.05, 0) is 0 Å². The molecule has 1 aromatic rings. The van der Waals surface area contributed by atoms with Crippen LogP contribution >= 0.6 is 15.9 Å². The highest BCUT2D eigenvalue weighted by molar-refractivity contribution is 9.08. The van der Waals surface area contributed by atoms with Crippen LogP contribution in [-0.4, -0.2) is 4.98 Å².